The van der Waals surface area contributed by atoms with Gasteiger partial charge in [0, 0.05) is 47.3 Å². The van der Waals surface area contributed by atoms with E-state index >= 15 is 0 Å². The van der Waals surface area contributed by atoms with Gasteiger partial charge in [-0.15, -0.1) is 4.33 Å². The van der Waals surface area contributed by atoms with Gasteiger partial charge in [-0.25, -0.2) is 9.47 Å². The lowest BCUT2D eigenvalue weighted by molar-refractivity contribution is -0.141. The summed E-state index contributed by atoms with van der Waals surface area (Å²) in [5.74, 6) is -0.686. The van der Waals surface area contributed by atoms with Crippen molar-refractivity contribution in [3.05, 3.63) is 22.7 Å². The Morgan fingerprint density at radius 1 is 0.844 bits per heavy atom. The number of hydrogen-bond acceptors (Lipinski definition) is 9. The number of ether oxygens (including phenoxy) is 1. The lowest BCUT2D eigenvalue weighted by Crippen LogP contribution is -2.34. The zero-order chi connectivity index (χ0) is 25.9. The van der Waals surface area contributed by atoms with Gasteiger partial charge in [0.15, 0.2) is 34.7 Å². The number of rotatable bonds is 2. The largest absolute Gasteiger partial charge is 0.504 e. The van der Waals surface area contributed by atoms with Gasteiger partial charge in [0.05, 0.1) is 7.11 Å². The van der Waals surface area contributed by atoms with Crippen molar-refractivity contribution < 1.29 is 47.4 Å². The van der Waals surface area contributed by atoms with E-state index in [1.165, 1.54) is 14.0 Å². The van der Waals surface area contributed by atoms with Gasteiger partial charge in [0.25, 0.3) is 0 Å². The van der Waals surface area contributed by atoms with Gasteiger partial charge < -0.3 is 14.4 Å². The molecule has 0 atom stereocenters. The number of Topliss-reactive ketones (excluding diaryl/α,β-unsaturated/α-hetero) is 4. The molecule has 2 rings (SSSR count). The summed E-state index contributed by atoms with van der Waals surface area (Å²) < 4.78 is 26.7. The third-order valence-electron chi connectivity index (χ3n) is 4.75. The number of methoxy groups -OCH3 is 1. The number of aliphatic hydroxyl groups is 1. The second kappa shape index (κ2) is 9.74. The Labute approximate surface area is 188 Å². The van der Waals surface area contributed by atoms with Crippen molar-refractivity contribution in [2.45, 2.75) is 54.4 Å². The van der Waals surface area contributed by atoms with Crippen molar-refractivity contribution in [3.63, 3.8) is 0 Å². The Morgan fingerprint density at radius 2 is 1.19 bits per heavy atom. The highest BCUT2D eigenvalue weighted by atomic mass is 32.3. The first-order chi connectivity index (χ1) is 14.1. The van der Waals surface area contributed by atoms with E-state index in [1.54, 1.807) is 34.6 Å². The van der Waals surface area contributed by atoms with Crippen LogP contribution in [0.3, 0.4) is 0 Å². The Kier molecular flexibility index (Phi) is 9.06. The molecule has 0 aromatic rings. The van der Waals surface area contributed by atoms with Gasteiger partial charge in [-0.3, -0.25) is 19.2 Å². The van der Waals surface area contributed by atoms with Crippen LogP contribution in [-0.4, -0.2) is 61.9 Å². The average Bonchev–Trinajstić information content (AvgIpc) is 2.63. The first-order valence-corrected chi connectivity index (χ1v) is 12.2. The van der Waals surface area contributed by atoms with E-state index < -0.39 is 20.5 Å². The van der Waals surface area contributed by atoms with E-state index in [-0.39, 0.29) is 53.1 Å². The van der Waals surface area contributed by atoms with Gasteiger partial charge in [-0.2, -0.15) is 0 Å². The molecule has 3 N–H and O–H groups in total. The van der Waals surface area contributed by atoms with E-state index in [0.717, 1.165) is 12.5 Å². The molecule has 0 aromatic heterocycles. The summed E-state index contributed by atoms with van der Waals surface area (Å²) in [5, 5.41) is 16.8. The highest BCUT2D eigenvalue weighted by molar-refractivity contribution is 8.09. The van der Waals surface area contributed by atoms with Crippen LogP contribution in [0.2, 0.25) is 0 Å². The molecule has 32 heavy (non-hydrogen) atoms. The van der Waals surface area contributed by atoms with Crippen molar-refractivity contribution in [2.24, 2.45) is 10.8 Å². The Bertz CT molecular complexity index is 933. The maximum atomic E-state index is 11.7. The first kappa shape index (κ1) is 29.8. The van der Waals surface area contributed by atoms with Crippen LogP contribution >= 0.6 is 0 Å². The van der Waals surface area contributed by atoms with E-state index in [2.05, 4.69) is 4.33 Å². The van der Waals surface area contributed by atoms with Crippen LogP contribution in [0.25, 0.3) is 0 Å². The molecule has 2 aliphatic carbocycles. The molecule has 10 nitrogen and oxygen atoms in total. The van der Waals surface area contributed by atoms with Crippen LogP contribution in [-0.2, 0) is 37.9 Å². The summed E-state index contributed by atoms with van der Waals surface area (Å²) in [7, 11) is -2.64. The second-order valence-electron chi connectivity index (χ2n) is 9.49. The molecule has 0 heterocycles. The maximum absolute atomic E-state index is 11.7. The fourth-order valence-corrected chi connectivity index (χ4v) is 3.04. The normalized spacial score (nSPS) is 21.7. The fourth-order valence-electron chi connectivity index (χ4n) is 3.04. The number of aliphatic hydroxyl groups excluding tert-OH is 1. The third-order valence-corrected chi connectivity index (χ3v) is 5.17. The van der Waals surface area contributed by atoms with E-state index in [9.17, 15) is 23.4 Å². The third kappa shape index (κ3) is 8.05. The molecule has 2 aliphatic rings. The minimum Gasteiger partial charge on any atom is -0.504 e. The molecule has 0 unspecified atom stereocenters. The second-order valence-corrected chi connectivity index (χ2v) is 13.0. The smallest absolute Gasteiger partial charge is 0.198 e. The van der Waals surface area contributed by atoms with Crippen molar-refractivity contribution in [2.75, 3.05) is 19.6 Å². The van der Waals surface area contributed by atoms with E-state index in [4.69, 9.17) is 19.7 Å². The lowest BCUT2D eigenvalue weighted by atomic mass is 9.75. The molecule has 0 amide bonds. The van der Waals surface area contributed by atoms with Crippen molar-refractivity contribution in [3.8, 4) is 0 Å². The molecule has 0 aliphatic heterocycles. The summed E-state index contributed by atoms with van der Waals surface area (Å²) in [5.41, 5.74) is -0.573. The maximum Gasteiger partial charge on any atom is 0.198 e. The van der Waals surface area contributed by atoms with Crippen LogP contribution < -0.4 is 0 Å². The van der Waals surface area contributed by atoms with Crippen LogP contribution in [0.1, 0.15) is 54.4 Å². The average molecular weight is 479 g/mol. The summed E-state index contributed by atoms with van der Waals surface area (Å²) in [6, 6.07) is 0. The van der Waals surface area contributed by atoms with Crippen LogP contribution in [0, 0.1) is 10.8 Å². The molecule has 0 radical (unpaired) electrons. The standard InChI is InChI=1S/C10H14O3.C9H12O3.C2H8O4S/c1-6-8(13-4)7(11)5-10(2,3)9(6)12;1-5-7(11)6(10)4-9(2,3)8(5)12;1-7(2,4,5)6-3/h5H2,1-4H3;11H,4H2,1-3H3;3H,1-2H3,(H,4,5). The van der Waals surface area contributed by atoms with Crippen molar-refractivity contribution >= 4 is 32.8 Å². The topological polar surface area (TPSA) is 164 Å². The van der Waals surface area contributed by atoms with Crippen molar-refractivity contribution in [1.82, 2.24) is 0 Å². The summed E-state index contributed by atoms with van der Waals surface area (Å²) in [6.07, 6.45) is 2.15. The predicted molar refractivity (Wildman–Crippen MR) is 118 cm³/mol. The minimum absolute atomic E-state index is 0.00366. The molecule has 0 bridgehead atoms. The number of carbonyl (C=O) groups is 4. The van der Waals surface area contributed by atoms with Crippen LogP contribution in [0.4, 0.5) is 0 Å². The predicted octanol–water partition coefficient (Wildman–Crippen LogP) is 2.81. The van der Waals surface area contributed by atoms with Gasteiger partial charge in [0.1, 0.15) is 9.63 Å². The molecule has 0 spiro atoms. The Hall–Kier alpha value is -2.21. The summed E-state index contributed by atoms with van der Waals surface area (Å²) >= 11 is 0. The van der Waals surface area contributed by atoms with Crippen LogP contribution in [0.15, 0.2) is 22.7 Å². The molecule has 0 fully saturated rings. The zero-order valence-corrected chi connectivity index (χ0v) is 20.8. The number of ketones is 4. The number of carbonyl (C=O) groups excluding carboxylic acids is 4. The first-order valence-electron chi connectivity index (χ1n) is 9.58. The van der Waals surface area contributed by atoms with Crippen LogP contribution in [0.5, 0.6) is 0 Å². The van der Waals surface area contributed by atoms with Gasteiger partial charge in [-0.05, 0) is 13.8 Å². The minimum atomic E-state index is -4.06. The highest BCUT2D eigenvalue weighted by Gasteiger charge is 2.40. The highest BCUT2D eigenvalue weighted by Crippen LogP contribution is 2.34. The molecular weight excluding hydrogens is 444 g/mol. The monoisotopic (exact) mass is 478 g/mol. The van der Waals surface area contributed by atoms with E-state index in [1.807, 2.05) is 0 Å². The van der Waals surface area contributed by atoms with E-state index in [0.29, 0.717) is 5.57 Å². The Morgan fingerprint density at radius 3 is 1.53 bits per heavy atom. The molecule has 11 heteroatoms. The number of hydrogen-bond donors (Lipinski definition) is 3. The lowest BCUT2D eigenvalue weighted by Gasteiger charge is -2.28. The molecule has 0 saturated carbocycles. The molecule has 0 aromatic carbocycles. The molecule has 184 valence electrons. The van der Waals surface area contributed by atoms with Gasteiger partial charge >= 0.3 is 0 Å². The fraction of sp³-hybridized carbons (Fsp3) is 0.619. The van der Waals surface area contributed by atoms with Gasteiger partial charge in [-0.1, -0.05) is 27.7 Å². The molecule has 0 saturated heterocycles. The summed E-state index contributed by atoms with van der Waals surface area (Å²) in [6.45, 7) is 10.1. The number of allylic oxidation sites excluding steroid dienone is 4. The van der Waals surface area contributed by atoms with Gasteiger partial charge in [0.2, 0.25) is 0 Å². The molecular formula is C21H34O10S. The Balaban J connectivity index is 0.000000473. The van der Waals surface area contributed by atoms with Crippen molar-refractivity contribution in [1.29, 1.82) is 0 Å². The SMILES string of the molecule is CC1=C(O)C(=O)CC(C)(C)C1=O.COC1=C(C)C(=O)C(C)(C)CC1=O.CS(C)(=O)(O)OO. The summed E-state index contributed by atoms with van der Waals surface area (Å²) in [4.78, 5) is 45.7. The zero-order valence-electron chi connectivity index (χ0n) is 20.0. The quantitative estimate of drug-likeness (QED) is 0.397.